The molecule has 2 aromatic heterocycles. The lowest BCUT2D eigenvalue weighted by molar-refractivity contribution is 0.319. The molecule has 0 atom stereocenters. The van der Waals surface area contributed by atoms with Gasteiger partial charge >= 0.3 is 0 Å². The molecule has 0 unspecified atom stereocenters. The smallest absolute Gasteiger partial charge is 0.159 e. The molecule has 0 N–H and O–H groups in total. The minimum Gasteiger partial charge on any atom is -0.307 e. The summed E-state index contributed by atoms with van der Waals surface area (Å²) in [7, 11) is 0. The van der Waals surface area contributed by atoms with E-state index in [1.54, 1.807) is 0 Å². The Hall–Kier alpha value is -1.03. The standard InChI is InChI=1S/C15H25ClN4/c1-6-9-15(4,5)20-12(8-10-16)17-13-11(3)18-19(7-2)14(13)20/h6-10H2,1-5H3. The quantitative estimate of drug-likeness (QED) is 0.758. The Morgan fingerprint density at radius 1 is 1.25 bits per heavy atom. The SMILES string of the molecule is CCCC(C)(C)n1c(CCCl)nc2c(C)nn(CC)c21. The van der Waals surface area contributed by atoms with Gasteiger partial charge in [-0.3, -0.25) is 0 Å². The van der Waals surface area contributed by atoms with Gasteiger partial charge in [0.15, 0.2) is 5.65 Å². The third-order valence-electron chi connectivity index (χ3n) is 3.87. The van der Waals surface area contributed by atoms with Crippen LogP contribution >= 0.6 is 11.6 Å². The van der Waals surface area contributed by atoms with Crippen LogP contribution in [0.4, 0.5) is 0 Å². The van der Waals surface area contributed by atoms with Gasteiger partial charge in [-0.1, -0.05) is 13.3 Å². The molecule has 0 aliphatic heterocycles. The van der Waals surface area contributed by atoms with E-state index in [2.05, 4.69) is 42.0 Å². The topological polar surface area (TPSA) is 35.6 Å². The van der Waals surface area contributed by atoms with E-state index >= 15 is 0 Å². The molecule has 0 aliphatic carbocycles. The molecule has 0 saturated carbocycles. The van der Waals surface area contributed by atoms with E-state index in [1.807, 2.05) is 6.92 Å². The Morgan fingerprint density at radius 3 is 2.50 bits per heavy atom. The Kier molecular flexibility index (Phi) is 4.43. The van der Waals surface area contributed by atoms with Crippen LogP contribution in [0.1, 0.15) is 52.1 Å². The summed E-state index contributed by atoms with van der Waals surface area (Å²) in [6, 6.07) is 0. The van der Waals surface area contributed by atoms with Crippen molar-refractivity contribution in [3.8, 4) is 0 Å². The number of rotatable bonds is 6. The van der Waals surface area contributed by atoms with Crippen LogP contribution in [0.2, 0.25) is 0 Å². The third-order valence-corrected chi connectivity index (χ3v) is 4.05. The molecule has 0 aliphatic rings. The van der Waals surface area contributed by atoms with Gasteiger partial charge in [0.25, 0.3) is 0 Å². The zero-order valence-electron chi connectivity index (χ0n) is 13.2. The van der Waals surface area contributed by atoms with Crippen molar-refractivity contribution < 1.29 is 0 Å². The molecule has 0 fully saturated rings. The maximum absolute atomic E-state index is 5.97. The monoisotopic (exact) mass is 296 g/mol. The van der Waals surface area contributed by atoms with Crippen molar-refractivity contribution in [1.29, 1.82) is 0 Å². The zero-order chi connectivity index (χ0) is 14.9. The first-order valence-corrected chi connectivity index (χ1v) is 8.00. The zero-order valence-corrected chi connectivity index (χ0v) is 14.0. The second-order valence-electron chi connectivity index (χ2n) is 5.94. The average molecular weight is 297 g/mol. The first kappa shape index (κ1) is 15.4. The van der Waals surface area contributed by atoms with E-state index in [1.165, 1.54) is 0 Å². The predicted molar refractivity (Wildman–Crippen MR) is 84.6 cm³/mol. The first-order valence-electron chi connectivity index (χ1n) is 7.47. The molecule has 5 heteroatoms. The third kappa shape index (κ3) is 2.46. The molecule has 2 heterocycles. The van der Waals surface area contributed by atoms with Crippen molar-refractivity contribution in [2.24, 2.45) is 0 Å². The fraction of sp³-hybridized carbons (Fsp3) is 0.733. The second kappa shape index (κ2) is 5.76. The fourth-order valence-corrected chi connectivity index (χ4v) is 3.21. The number of fused-ring (bicyclic) bond motifs is 1. The van der Waals surface area contributed by atoms with Crippen LogP contribution in [-0.2, 0) is 18.5 Å². The van der Waals surface area contributed by atoms with Gasteiger partial charge in [0, 0.05) is 24.4 Å². The number of alkyl halides is 1. The molecular formula is C15H25ClN4. The number of hydrogen-bond acceptors (Lipinski definition) is 2. The molecule has 0 aromatic carbocycles. The van der Waals surface area contributed by atoms with Crippen molar-refractivity contribution in [1.82, 2.24) is 19.3 Å². The van der Waals surface area contributed by atoms with Gasteiger partial charge in [0.2, 0.25) is 0 Å². The van der Waals surface area contributed by atoms with E-state index in [0.717, 1.165) is 48.5 Å². The van der Waals surface area contributed by atoms with Crippen LogP contribution < -0.4 is 0 Å². The first-order chi connectivity index (χ1) is 9.46. The second-order valence-corrected chi connectivity index (χ2v) is 6.32. The number of hydrogen-bond donors (Lipinski definition) is 0. The molecular weight excluding hydrogens is 272 g/mol. The largest absolute Gasteiger partial charge is 0.307 e. The van der Waals surface area contributed by atoms with Crippen LogP contribution in [0, 0.1) is 6.92 Å². The summed E-state index contributed by atoms with van der Waals surface area (Å²) in [5.74, 6) is 1.68. The predicted octanol–water partition coefficient (Wildman–Crippen LogP) is 3.88. The Balaban J connectivity index is 2.72. The van der Waals surface area contributed by atoms with Crippen molar-refractivity contribution in [3.05, 3.63) is 11.5 Å². The summed E-state index contributed by atoms with van der Waals surface area (Å²) in [5, 5.41) is 4.60. The molecule has 4 nitrogen and oxygen atoms in total. The van der Waals surface area contributed by atoms with Gasteiger partial charge in [-0.05, 0) is 34.1 Å². The van der Waals surface area contributed by atoms with E-state index in [0.29, 0.717) is 5.88 Å². The maximum atomic E-state index is 5.97. The molecule has 2 aromatic rings. The molecule has 0 spiro atoms. The lowest BCUT2D eigenvalue weighted by Crippen LogP contribution is -2.29. The van der Waals surface area contributed by atoms with Gasteiger partial charge < -0.3 is 4.57 Å². The van der Waals surface area contributed by atoms with E-state index in [-0.39, 0.29) is 5.54 Å². The van der Waals surface area contributed by atoms with Crippen LogP contribution in [0.15, 0.2) is 0 Å². The van der Waals surface area contributed by atoms with Gasteiger partial charge in [-0.2, -0.15) is 5.10 Å². The van der Waals surface area contributed by atoms with E-state index in [4.69, 9.17) is 16.6 Å². The van der Waals surface area contributed by atoms with Crippen LogP contribution in [0.5, 0.6) is 0 Å². The van der Waals surface area contributed by atoms with Crippen LogP contribution in [0.3, 0.4) is 0 Å². The highest BCUT2D eigenvalue weighted by Crippen LogP contribution is 2.30. The van der Waals surface area contributed by atoms with Crippen molar-refractivity contribution in [2.75, 3.05) is 5.88 Å². The van der Waals surface area contributed by atoms with Crippen molar-refractivity contribution in [3.63, 3.8) is 0 Å². The summed E-state index contributed by atoms with van der Waals surface area (Å²) in [6.45, 7) is 11.8. The van der Waals surface area contributed by atoms with Gasteiger partial charge in [-0.25, -0.2) is 9.67 Å². The normalized spacial score (nSPS) is 12.5. The Labute approximate surface area is 126 Å². The number of aromatic nitrogens is 4. The number of nitrogens with zero attached hydrogens (tertiary/aromatic N) is 4. The van der Waals surface area contributed by atoms with Crippen LogP contribution in [0.25, 0.3) is 11.2 Å². The maximum Gasteiger partial charge on any atom is 0.159 e. The molecule has 0 saturated heterocycles. The highest BCUT2D eigenvalue weighted by molar-refractivity contribution is 6.17. The molecule has 0 amide bonds. The van der Waals surface area contributed by atoms with Crippen molar-refractivity contribution >= 4 is 22.8 Å². The number of aryl methyl sites for hydroxylation is 3. The molecule has 112 valence electrons. The van der Waals surface area contributed by atoms with Gasteiger partial charge in [0.05, 0.1) is 5.69 Å². The Bertz CT molecular complexity index is 595. The number of halogens is 1. The van der Waals surface area contributed by atoms with E-state index in [9.17, 15) is 0 Å². The highest BCUT2D eigenvalue weighted by atomic mass is 35.5. The van der Waals surface area contributed by atoms with E-state index < -0.39 is 0 Å². The van der Waals surface area contributed by atoms with Gasteiger partial charge in [-0.15, -0.1) is 11.6 Å². The minimum absolute atomic E-state index is 0.0320. The summed E-state index contributed by atoms with van der Waals surface area (Å²) in [4.78, 5) is 4.81. The Morgan fingerprint density at radius 2 is 1.95 bits per heavy atom. The molecule has 0 bridgehead atoms. The van der Waals surface area contributed by atoms with Gasteiger partial charge in [0.1, 0.15) is 11.3 Å². The summed E-state index contributed by atoms with van der Waals surface area (Å²) >= 11 is 5.97. The lowest BCUT2D eigenvalue weighted by atomic mass is 9.98. The summed E-state index contributed by atoms with van der Waals surface area (Å²) < 4.78 is 4.42. The van der Waals surface area contributed by atoms with Crippen LogP contribution in [-0.4, -0.2) is 25.2 Å². The minimum atomic E-state index is 0.0320. The fourth-order valence-electron chi connectivity index (χ4n) is 3.05. The average Bonchev–Trinajstić information content (AvgIpc) is 2.88. The lowest BCUT2D eigenvalue weighted by Gasteiger charge is -2.29. The molecule has 20 heavy (non-hydrogen) atoms. The molecule has 2 rings (SSSR count). The summed E-state index contributed by atoms with van der Waals surface area (Å²) in [6.07, 6.45) is 3.06. The van der Waals surface area contributed by atoms with Crippen molar-refractivity contribution in [2.45, 2.75) is 66.0 Å². The molecule has 0 radical (unpaired) electrons. The number of imidazole rings is 1. The summed E-state index contributed by atoms with van der Waals surface area (Å²) in [5.41, 5.74) is 3.20. The highest BCUT2D eigenvalue weighted by Gasteiger charge is 2.28.